The smallest absolute Gasteiger partial charge is 0.208 e. The summed E-state index contributed by atoms with van der Waals surface area (Å²) in [5, 5.41) is 5.35. The molecule has 80 valence electrons. The predicted molar refractivity (Wildman–Crippen MR) is 63.8 cm³/mol. The maximum atomic E-state index is 5.35. The maximum absolute atomic E-state index is 5.35. The minimum Gasteiger partial charge on any atom is -0.445 e. The van der Waals surface area contributed by atoms with Crippen molar-refractivity contribution < 1.29 is 4.42 Å². The van der Waals surface area contributed by atoms with Crippen LogP contribution in [0.2, 0.25) is 0 Å². The van der Waals surface area contributed by atoms with E-state index in [0.29, 0.717) is 6.54 Å². The molecule has 0 aliphatic rings. The highest BCUT2D eigenvalue weighted by Gasteiger charge is 2.02. The number of hydrogen-bond acceptors (Lipinski definition) is 4. The molecular formula is C10H11BrN2OS. The summed E-state index contributed by atoms with van der Waals surface area (Å²) in [5.74, 6) is 1.59. The van der Waals surface area contributed by atoms with Gasteiger partial charge in [0.1, 0.15) is 5.76 Å². The van der Waals surface area contributed by atoms with Gasteiger partial charge in [0.05, 0.1) is 12.7 Å². The Kier molecular flexibility index (Phi) is 3.56. The summed E-state index contributed by atoms with van der Waals surface area (Å²) in [4.78, 5) is 5.41. The molecule has 0 radical (unpaired) electrons. The molecule has 0 atom stereocenters. The van der Waals surface area contributed by atoms with Crippen molar-refractivity contribution in [1.29, 1.82) is 0 Å². The standard InChI is InChI=1S/C10H11BrN2OS/c1-7-4-13-10(14-7)6-12-5-9-8(11)2-3-15-9/h2-4,12H,5-6H2,1H3. The zero-order valence-electron chi connectivity index (χ0n) is 8.29. The first-order valence-electron chi connectivity index (χ1n) is 4.59. The number of thiophene rings is 1. The Labute approximate surface area is 101 Å². The van der Waals surface area contributed by atoms with E-state index in [1.54, 1.807) is 17.5 Å². The number of nitrogens with zero attached hydrogens (tertiary/aromatic N) is 1. The molecule has 15 heavy (non-hydrogen) atoms. The molecule has 0 amide bonds. The van der Waals surface area contributed by atoms with Gasteiger partial charge in [0.25, 0.3) is 0 Å². The first kappa shape index (κ1) is 10.9. The van der Waals surface area contributed by atoms with Crippen molar-refractivity contribution in [3.05, 3.63) is 38.6 Å². The van der Waals surface area contributed by atoms with Crippen LogP contribution in [0.15, 0.2) is 26.5 Å². The Bertz CT molecular complexity index is 438. The average Bonchev–Trinajstić information content (AvgIpc) is 2.77. The van der Waals surface area contributed by atoms with E-state index in [9.17, 15) is 0 Å². The van der Waals surface area contributed by atoms with E-state index in [2.05, 4.69) is 37.7 Å². The van der Waals surface area contributed by atoms with Gasteiger partial charge in [-0.15, -0.1) is 11.3 Å². The lowest BCUT2D eigenvalue weighted by Crippen LogP contribution is -2.12. The number of oxazole rings is 1. The second-order valence-electron chi connectivity index (χ2n) is 3.16. The Balaban J connectivity index is 1.83. The van der Waals surface area contributed by atoms with Gasteiger partial charge in [-0.25, -0.2) is 4.98 Å². The number of rotatable bonds is 4. The van der Waals surface area contributed by atoms with Crippen LogP contribution >= 0.6 is 27.3 Å². The normalized spacial score (nSPS) is 10.8. The second-order valence-corrected chi connectivity index (χ2v) is 5.01. The summed E-state index contributed by atoms with van der Waals surface area (Å²) in [6.45, 7) is 3.39. The van der Waals surface area contributed by atoms with Crippen LogP contribution in [0.4, 0.5) is 0 Å². The van der Waals surface area contributed by atoms with E-state index in [1.165, 1.54) is 4.88 Å². The van der Waals surface area contributed by atoms with Crippen LogP contribution in [0.25, 0.3) is 0 Å². The molecule has 0 aliphatic carbocycles. The molecule has 0 unspecified atom stereocenters. The Morgan fingerprint density at radius 2 is 2.40 bits per heavy atom. The molecule has 0 saturated carbocycles. The van der Waals surface area contributed by atoms with Gasteiger partial charge in [-0.3, -0.25) is 0 Å². The van der Waals surface area contributed by atoms with E-state index in [0.717, 1.165) is 22.7 Å². The number of nitrogens with one attached hydrogen (secondary N) is 1. The van der Waals surface area contributed by atoms with Crippen LogP contribution in [0.5, 0.6) is 0 Å². The van der Waals surface area contributed by atoms with Gasteiger partial charge in [-0.2, -0.15) is 0 Å². The van der Waals surface area contributed by atoms with Gasteiger partial charge in [-0.1, -0.05) is 0 Å². The lowest BCUT2D eigenvalue weighted by atomic mass is 10.4. The molecule has 2 rings (SSSR count). The maximum Gasteiger partial charge on any atom is 0.208 e. The quantitative estimate of drug-likeness (QED) is 0.939. The summed E-state index contributed by atoms with van der Waals surface area (Å²) in [7, 11) is 0. The molecule has 0 spiro atoms. The van der Waals surface area contributed by atoms with E-state index in [4.69, 9.17) is 4.42 Å². The third-order valence-corrected chi connectivity index (χ3v) is 3.85. The highest BCUT2D eigenvalue weighted by molar-refractivity contribution is 9.10. The minimum absolute atomic E-state index is 0.665. The second kappa shape index (κ2) is 4.92. The fraction of sp³-hybridized carbons (Fsp3) is 0.300. The van der Waals surface area contributed by atoms with E-state index in [-0.39, 0.29) is 0 Å². The van der Waals surface area contributed by atoms with Crippen molar-refractivity contribution >= 4 is 27.3 Å². The highest BCUT2D eigenvalue weighted by atomic mass is 79.9. The van der Waals surface area contributed by atoms with Crippen molar-refractivity contribution in [2.75, 3.05) is 0 Å². The zero-order valence-corrected chi connectivity index (χ0v) is 10.7. The molecule has 1 N–H and O–H groups in total. The van der Waals surface area contributed by atoms with Gasteiger partial charge >= 0.3 is 0 Å². The van der Waals surface area contributed by atoms with Crippen LogP contribution in [0.1, 0.15) is 16.5 Å². The summed E-state index contributed by atoms with van der Waals surface area (Å²) in [6, 6.07) is 2.05. The summed E-state index contributed by atoms with van der Waals surface area (Å²) < 4.78 is 6.51. The van der Waals surface area contributed by atoms with Gasteiger partial charge in [0, 0.05) is 15.9 Å². The van der Waals surface area contributed by atoms with E-state index < -0.39 is 0 Å². The number of aryl methyl sites for hydroxylation is 1. The topological polar surface area (TPSA) is 38.1 Å². The monoisotopic (exact) mass is 286 g/mol. The summed E-state index contributed by atoms with van der Waals surface area (Å²) in [5.41, 5.74) is 0. The van der Waals surface area contributed by atoms with Crippen molar-refractivity contribution in [2.45, 2.75) is 20.0 Å². The van der Waals surface area contributed by atoms with Gasteiger partial charge in [0.2, 0.25) is 5.89 Å². The van der Waals surface area contributed by atoms with E-state index in [1.807, 2.05) is 6.92 Å². The minimum atomic E-state index is 0.665. The average molecular weight is 287 g/mol. The molecule has 0 aliphatic heterocycles. The van der Waals surface area contributed by atoms with Gasteiger partial charge in [0.15, 0.2) is 0 Å². The van der Waals surface area contributed by atoms with Crippen molar-refractivity contribution in [3.8, 4) is 0 Å². The molecule has 2 heterocycles. The fourth-order valence-corrected chi connectivity index (χ4v) is 2.68. The lowest BCUT2D eigenvalue weighted by molar-refractivity contribution is 0.449. The summed E-state index contributed by atoms with van der Waals surface area (Å²) in [6.07, 6.45) is 1.73. The fourth-order valence-electron chi connectivity index (χ4n) is 1.22. The number of hydrogen-bond donors (Lipinski definition) is 1. The van der Waals surface area contributed by atoms with Crippen LogP contribution in [-0.2, 0) is 13.1 Å². The molecule has 0 fully saturated rings. The van der Waals surface area contributed by atoms with Crippen molar-refractivity contribution in [1.82, 2.24) is 10.3 Å². The third kappa shape index (κ3) is 2.90. The molecule has 0 bridgehead atoms. The van der Waals surface area contributed by atoms with Crippen molar-refractivity contribution in [2.24, 2.45) is 0 Å². The Hall–Kier alpha value is -0.650. The molecular weight excluding hydrogens is 276 g/mol. The number of aromatic nitrogens is 1. The third-order valence-electron chi connectivity index (χ3n) is 1.92. The van der Waals surface area contributed by atoms with Gasteiger partial charge in [-0.05, 0) is 34.3 Å². The molecule has 5 heteroatoms. The molecule has 3 nitrogen and oxygen atoms in total. The van der Waals surface area contributed by atoms with Gasteiger partial charge < -0.3 is 9.73 Å². The first-order valence-corrected chi connectivity index (χ1v) is 6.27. The molecule has 0 saturated heterocycles. The van der Waals surface area contributed by atoms with E-state index >= 15 is 0 Å². The molecule has 2 aromatic rings. The lowest BCUT2D eigenvalue weighted by Gasteiger charge is -2.00. The van der Waals surface area contributed by atoms with Crippen LogP contribution in [0, 0.1) is 6.92 Å². The summed E-state index contributed by atoms with van der Waals surface area (Å²) >= 11 is 5.22. The van der Waals surface area contributed by atoms with Crippen LogP contribution < -0.4 is 5.32 Å². The SMILES string of the molecule is Cc1cnc(CNCc2sccc2Br)o1. The highest BCUT2D eigenvalue weighted by Crippen LogP contribution is 2.22. The Morgan fingerprint density at radius 1 is 1.53 bits per heavy atom. The predicted octanol–water partition coefficient (Wildman–Crippen LogP) is 3.10. The first-order chi connectivity index (χ1) is 7.25. The zero-order chi connectivity index (χ0) is 10.7. The largest absolute Gasteiger partial charge is 0.445 e. The Morgan fingerprint density at radius 3 is 3.00 bits per heavy atom. The molecule has 2 aromatic heterocycles. The van der Waals surface area contributed by atoms with Crippen molar-refractivity contribution in [3.63, 3.8) is 0 Å². The van der Waals surface area contributed by atoms with Crippen LogP contribution in [0.3, 0.4) is 0 Å². The van der Waals surface area contributed by atoms with Crippen LogP contribution in [-0.4, -0.2) is 4.98 Å². The molecule has 0 aromatic carbocycles. The number of halogens is 1.